The van der Waals surface area contributed by atoms with Crippen LogP contribution in [-0.2, 0) is 11.2 Å². The number of aliphatic hydroxyl groups is 1. The summed E-state index contributed by atoms with van der Waals surface area (Å²) in [5.41, 5.74) is 2.87. The Morgan fingerprint density at radius 2 is 1.83 bits per heavy atom. The molecular formula is C26H22FIN4O4. The van der Waals surface area contributed by atoms with Crippen molar-refractivity contribution in [1.29, 1.82) is 0 Å². The van der Waals surface area contributed by atoms with Gasteiger partial charge in [-0.25, -0.2) is 14.2 Å². The molecule has 1 aliphatic heterocycles. The summed E-state index contributed by atoms with van der Waals surface area (Å²) in [5, 5.41) is 11.7. The predicted octanol–water partition coefficient (Wildman–Crippen LogP) is 4.25. The van der Waals surface area contributed by atoms with Gasteiger partial charge in [-0.15, -0.1) is 0 Å². The number of nitrogens with zero attached hydrogens (tertiary/aromatic N) is 2. The van der Waals surface area contributed by atoms with Gasteiger partial charge in [-0.05, 0) is 76.2 Å². The number of carbonyl (C=O) groups is 2. The summed E-state index contributed by atoms with van der Waals surface area (Å²) < 4.78 is 19.9. The number of aliphatic hydroxyl groups excluding tert-OH is 1. The Hall–Kier alpha value is -3.51. The van der Waals surface area contributed by atoms with Gasteiger partial charge in [-0.3, -0.25) is 9.69 Å². The lowest BCUT2D eigenvalue weighted by Gasteiger charge is -2.24. The molecule has 8 nitrogen and oxygen atoms in total. The predicted molar refractivity (Wildman–Crippen MR) is 139 cm³/mol. The van der Waals surface area contributed by atoms with Crippen molar-refractivity contribution in [2.45, 2.75) is 18.5 Å². The van der Waals surface area contributed by atoms with Gasteiger partial charge in [0, 0.05) is 9.99 Å². The molecule has 0 bridgehead atoms. The molecule has 4 aromatic rings. The van der Waals surface area contributed by atoms with Crippen LogP contribution < -0.4 is 10.1 Å². The van der Waals surface area contributed by atoms with E-state index in [1.807, 2.05) is 18.2 Å². The Balaban J connectivity index is 1.48. The van der Waals surface area contributed by atoms with Crippen molar-refractivity contribution >= 4 is 45.6 Å². The lowest BCUT2D eigenvalue weighted by Crippen LogP contribution is -2.36. The monoisotopic (exact) mass is 600 g/mol. The molecule has 1 saturated heterocycles. The van der Waals surface area contributed by atoms with E-state index in [9.17, 15) is 14.0 Å². The Labute approximate surface area is 219 Å². The molecule has 5 rings (SSSR count). The van der Waals surface area contributed by atoms with Gasteiger partial charge in [0.05, 0.1) is 17.6 Å². The lowest BCUT2D eigenvalue weighted by atomic mass is 10.0. The number of fused-ring (bicyclic) bond motifs is 1. The van der Waals surface area contributed by atoms with Gasteiger partial charge in [0.1, 0.15) is 36.1 Å². The number of hydrogen-bond acceptors (Lipinski definition) is 5. The van der Waals surface area contributed by atoms with Gasteiger partial charge in [-0.1, -0.05) is 24.3 Å². The average Bonchev–Trinajstić information content (AvgIpc) is 3.42. The summed E-state index contributed by atoms with van der Waals surface area (Å²) in [6, 6.07) is 16.4. The number of hydrogen-bond donors (Lipinski definition) is 3. The standard InChI is InChI=1S/C26H22FIN4O4/c27-17-5-1-15(2-6-17)13-22(24-29-20-10-7-18(28)14-21(20)30-24)32-25(34)23(31-26(32)35)16-3-8-19(9-4-16)36-12-11-33/h1-10,14,22-23,33H,11-13H2,(H,29,30)(H,31,35)/t22-,23+/m0/s1. The normalized spacial score (nSPS) is 16.4. The molecular weight excluding hydrogens is 578 g/mol. The third kappa shape index (κ3) is 4.91. The zero-order valence-electron chi connectivity index (χ0n) is 18.9. The summed E-state index contributed by atoms with van der Waals surface area (Å²) in [5.74, 6) is 0.238. The topological polar surface area (TPSA) is 108 Å². The maximum Gasteiger partial charge on any atom is 0.325 e. The van der Waals surface area contributed by atoms with E-state index in [1.54, 1.807) is 36.4 Å². The number of rotatable bonds is 8. The fourth-order valence-electron chi connectivity index (χ4n) is 4.25. The second-order valence-corrected chi connectivity index (χ2v) is 9.61. The number of H-pyrrole nitrogens is 1. The van der Waals surface area contributed by atoms with Crippen LogP contribution in [0.25, 0.3) is 11.0 Å². The summed E-state index contributed by atoms with van der Waals surface area (Å²) in [6.45, 7) is 0.0537. The molecule has 0 saturated carbocycles. The van der Waals surface area contributed by atoms with Gasteiger partial charge in [0.2, 0.25) is 0 Å². The van der Waals surface area contributed by atoms with Crippen molar-refractivity contribution in [3.63, 3.8) is 0 Å². The maximum atomic E-state index is 13.6. The maximum absolute atomic E-state index is 13.6. The molecule has 3 aromatic carbocycles. The third-order valence-corrected chi connectivity index (χ3v) is 6.65. The molecule has 3 amide bonds. The number of halogens is 2. The van der Waals surface area contributed by atoms with Crippen LogP contribution in [0.2, 0.25) is 0 Å². The number of carbonyl (C=O) groups excluding carboxylic acids is 2. The van der Waals surface area contributed by atoms with Crippen LogP contribution in [-0.4, -0.2) is 45.1 Å². The van der Waals surface area contributed by atoms with Crippen LogP contribution in [0.15, 0.2) is 66.7 Å². The van der Waals surface area contributed by atoms with Crippen LogP contribution >= 0.6 is 22.6 Å². The van der Waals surface area contributed by atoms with Gasteiger partial charge < -0.3 is 20.1 Å². The first-order valence-electron chi connectivity index (χ1n) is 11.3. The van der Waals surface area contributed by atoms with E-state index in [1.165, 1.54) is 17.0 Å². The van der Waals surface area contributed by atoms with Crippen molar-refractivity contribution in [1.82, 2.24) is 20.2 Å². The molecule has 1 aliphatic rings. The zero-order chi connectivity index (χ0) is 25.2. The van der Waals surface area contributed by atoms with Gasteiger partial charge >= 0.3 is 6.03 Å². The summed E-state index contributed by atoms with van der Waals surface area (Å²) in [7, 11) is 0. The minimum absolute atomic E-state index is 0.107. The van der Waals surface area contributed by atoms with E-state index in [0.717, 1.165) is 20.2 Å². The SMILES string of the molecule is O=C1N[C@H](c2ccc(OCCO)cc2)C(=O)N1[C@@H](Cc1ccc(F)cc1)c1nc2ccc(I)cc2[nH]1. The third-order valence-electron chi connectivity index (χ3n) is 5.98. The van der Waals surface area contributed by atoms with Crippen molar-refractivity contribution in [3.8, 4) is 5.75 Å². The Kier molecular flexibility index (Phi) is 6.88. The largest absolute Gasteiger partial charge is 0.491 e. The fraction of sp³-hybridized carbons (Fsp3) is 0.192. The number of benzene rings is 3. The first-order valence-corrected chi connectivity index (χ1v) is 12.4. The number of aromatic amines is 1. The number of nitrogens with one attached hydrogen (secondary N) is 2. The van der Waals surface area contributed by atoms with E-state index >= 15 is 0 Å². The molecule has 184 valence electrons. The highest BCUT2D eigenvalue weighted by molar-refractivity contribution is 14.1. The van der Waals surface area contributed by atoms with Crippen LogP contribution in [0.5, 0.6) is 5.75 Å². The van der Waals surface area contributed by atoms with E-state index in [-0.39, 0.29) is 25.5 Å². The molecule has 0 spiro atoms. The number of ether oxygens (including phenoxy) is 1. The first kappa shape index (κ1) is 24.2. The van der Waals surface area contributed by atoms with Gasteiger partial charge in [0.15, 0.2) is 0 Å². The van der Waals surface area contributed by atoms with Crippen LogP contribution in [0.1, 0.15) is 29.0 Å². The highest BCUT2D eigenvalue weighted by atomic mass is 127. The first-order chi connectivity index (χ1) is 17.4. The number of imide groups is 1. The molecule has 2 heterocycles. The Bertz CT molecular complexity index is 1410. The molecule has 1 fully saturated rings. The highest BCUT2D eigenvalue weighted by Gasteiger charge is 2.44. The highest BCUT2D eigenvalue weighted by Crippen LogP contribution is 2.33. The smallest absolute Gasteiger partial charge is 0.325 e. The molecule has 3 N–H and O–H groups in total. The zero-order valence-corrected chi connectivity index (χ0v) is 21.1. The van der Waals surface area contributed by atoms with Gasteiger partial charge in [0.25, 0.3) is 5.91 Å². The van der Waals surface area contributed by atoms with E-state index in [4.69, 9.17) is 9.84 Å². The minimum Gasteiger partial charge on any atom is -0.491 e. The number of imidazole rings is 1. The van der Waals surface area contributed by atoms with E-state index < -0.39 is 24.0 Å². The van der Waals surface area contributed by atoms with E-state index in [2.05, 4.69) is 37.9 Å². The molecule has 36 heavy (non-hydrogen) atoms. The molecule has 1 aromatic heterocycles. The van der Waals surface area contributed by atoms with Crippen LogP contribution in [0.3, 0.4) is 0 Å². The second kappa shape index (κ2) is 10.2. The summed E-state index contributed by atoms with van der Waals surface area (Å²) in [6.07, 6.45) is 0.261. The summed E-state index contributed by atoms with van der Waals surface area (Å²) >= 11 is 2.21. The quantitative estimate of drug-likeness (QED) is 0.207. The molecule has 0 radical (unpaired) electrons. The number of amides is 3. The molecule has 0 unspecified atom stereocenters. The number of aromatic nitrogens is 2. The second-order valence-electron chi connectivity index (χ2n) is 8.36. The van der Waals surface area contributed by atoms with Crippen molar-refractivity contribution < 1.29 is 23.8 Å². The molecule has 0 aliphatic carbocycles. The Morgan fingerprint density at radius 3 is 2.56 bits per heavy atom. The summed E-state index contributed by atoms with van der Waals surface area (Å²) in [4.78, 5) is 35.9. The molecule has 2 atom stereocenters. The van der Waals surface area contributed by atoms with Crippen molar-refractivity contribution in [2.75, 3.05) is 13.2 Å². The Morgan fingerprint density at radius 1 is 1.08 bits per heavy atom. The molecule has 10 heteroatoms. The van der Waals surface area contributed by atoms with Crippen molar-refractivity contribution in [2.24, 2.45) is 0 Å². The van der Waals surface area contributed by atoms with Crippen LogP contribution in [0, 0.1) is 9.39 Å². The van der Waals surface area contributed by atoms with Crippen molar-refractivity contribution in [3.05, 3.63) is 93.1 Å². The fourth-order valence-corrected chi connectivity index (χ4v) is 4.74. The minimum atomic E-state index is -0.870. The number of urea groups is 1. The lowest BCUT2D eigenvalue weighted by molar-refractivity contribution is -0.129. The average molecular weight is 600 g/mol. The van der Waals surface area contributed by atoms with Gasteiger partial charge in [-0.2, -0.15) is 0 Å². The van der Waals surface area contributed by atoms with Crippen LogP contribution in [0.4, 0.5) is 9.18 Å². The van der Waals surface area contributed by atoms with E-state index in [0.29, 0.717) is 17.1 Å².